The van der Waals surface area contributed by atoms with Gasteiger partial charge in [-0.15, -0.1) is 0 Å². The van der Waals surface area contributed by atoms with Crippen LogP contribution in [0.3, 0.4) is 0 Å². The van der Waals surface area contributed by atoms with E-state index >= 15 is 0 Å². The number of aliphatic hydroxyl groups is 2. The number of esters is 1. The number of ketones is 2. The van der Waals surface area contributed by atoms with Gasteiger partial charge in [0.05, 0.1) is 12.5 Å². The highest BCUT2D eigenvalue weighted by molar-refractivity contribution is 7.98. The number of aliphatic hydroxyl groups excluding tert-OH is 1. The largest absolute Gasteiger partial charge is 0.480 e. The Hall–Kier alpha value is -2.50. The fourth-order valence-corrected chi connectivity index (χ4v) is 8.57. The standard InChI is InChI=1S/C30H41NO9S/c1-28-11-8-18(32)14-17(28)4-5-19-20-9-12-30(39,29(20,2)15-22(33)26(19)28)23(34)16-40-25(36)7-6-24(35)31-21(27(37)38)10-13-41-3/h8,11,14,19-22,26,33,39H,4-7,9-10,12-13,15-16H2,1-3H3,(H,31,35)(H,37,38)/t19?,20?,21?,22?,26?,28-,29-,30-/m0/s1. The first-order valence-corrected chi connectivity index (χ1v) is 15.7. The summed E-state index contributed by atoms with van der Waals surface area (Å²) in [4.78, 5) is 61.2. The van der Waals surface area contributed by atoms with Crippen LogP contribution in [0.2, 0.25) is 0 Å². The second-order valence-electron chi connectivity index (χ2n) is 12.4. The minimum atomic E-state index is -1.78. The summed E-state index contributed by atoms with van der Waals surface area (Å²) in [5.74, 6) is -2.77. The van der Waals surface area contributed by atoms with Gasteiger partial charge in [-0.05, 0) is 74.5 Å². The van der Waals surface area contributed by atoms with Gasteiger partial charge in [0, 0.05) is 23.2 Å². The van der Waals surface area contributed by atoms with Crippen LogP contribution in [0.25, 0.3) is 0 Å². The molecule has 4 aliphatic rings. The lowest BCUT2D eigenvalue weighted by atomic mass is 9.46. The van der Waals surface area contributed by atoms with Crippen molar-refractivity contribution in [1.82, 2.24) is 5.32 Å². The zero-order valence-electron chi connectivity index (χ0n) is 23.9. The quantitative estimate of drug-likeness (QED) is 0.262. The van der Waals surface area contributed by atoms with E-state index in [2.05, 4.69) is 12.2 Å². The van der Waals surface area contributed by atoms with E-state index in [4.69, 9.17) is 4.74 Å². The molecule has 0 spiro atoms. The number of carbonyl (C=O) groups is 5. The Bertz CT molecular complexity index is 1170. The minimum Gasteiger partial charge on any atom is -0.480 e. The van der Waals surface area contributed by atoms with Crippen molar-refractivity contribution in [2.45, 2.75) is 83.0 Å². The fourth-order valence-electron chi connectivity index (χ4n) is 8.10. The molecule has 3 saturated carbocycles. The van der Waals surface area contributed by atoms with Gasteiger partial charge in [-0.2, -0.15) is 11.8 Å². The summed E-state index contributed by atoms with van der Waals surface area (Å²) < 4.78 is 5.14. The number of amides is 1. The van der Waals surface area contributed by atoms with Crippen molar-refractivity contribution in [2.75, 3.05) is 18.6 Å². The summed E-state index contributed by atoms with van der Waals surface area (Å²) in [6.45, 7) is 3.25. The molecule has 4 rings (SSSR count). The zero-order valence-corrected chi connectivity index (χ0v) is 24.7. The number of thioether (sulfide) groups is 1. The van der Waals surface area contributed by atoms with Crippen LogP contribution in [0.5, 0.6) is 0 Å². The average molecular weight is 592 g/mol. The molecule has 0 aromatic heterocycles. The van der Waals surface area contributed by atoms with Crippen LogP contribution in [0.4, 0.5) is 0 Å². The molecule has 0 bridgehead atoms. The van der Waals surface area contributed by atoms with Gasteiger partial charge in [-0.25, -0.2) is 4.79 Å². The SMILES string of the molecule is CSCCC(NC(=O)CCC(=O)OCC(=O)[C@@]1(O)CCC2C3CCC4=CC(=O)C=C[C@]4(C)C3C(O)C[C@@]21C)C(=O)O. The van der Waals surface area contributed by atoms with Gasteiger partial charge < -0.3 is 25.4 Å². The maximum Gasteiger partial charge on any atom is 0.326 e. The maximum absolute atomic E-state index is 13.4. The molecule has 8 atom stereocenters. The number of ether oxygens (including phenoxy) is 1. The van der Waals surface area contributed by atoms with Crippen LogP contribution >= 0.6 is 11.8 Å². The fraction of sp³-hybridized carbons (Fsp3) is 0.700. The van der Waals surface area contributed by atoms with Gasteiger partial charge in [-0.3, -0.25) is 19.2 Å². The van der Waals surface area contributed by atoms with E-state index in [0.717, 1.165) is 18.4 Å². The molecule has 226 valence electrons. The Labute approximate surface area is 244 Å². The van der Waals surface area contributed by atoms with Crippen LogP contribution in [0.1, 0.15) is 65.2 Å². The van der Waals surface area contributed by atoms with Gasteiger partial charge >= 0.3 is 11.9 Å². The number of carboxylic acid groups (broad SMARTS) is 1. The molecule has 11 heteroatoms. The molecular weight excluding hydrogens is 550 g/mol. The second-order valence-corrected chi connectivity index (χ2v) is 13.4. The Morgan fingerprint density at radius 3 is 2.61 bits per heavy atom. The van der Waals surface area contributed by atoms with Gasteiger partial charge in [0.1, 0.15) is 11.6 Å². The molecule has 0 aromatic carbocycles. The van der Waals surface area contributed by atoms with Gasteiger partial charge in [-0.1, -0.05) is 25.5 Å². The molecule has 10 nitrogen and oxygen atoms in total. The normalized spacial score (nSPS) is 36.3. The zero-order chi connectivity index (χ0) is 30.2. The smallest absolute Gasteiger partial charge is 0.326 e. The van der Waals surface area contributed by atoms with E-state index in [1.165, 1.54) is 11.8 Å². The molecule has 41 heavy (non-hydrogen) atoms. The predicted octanol–water partition coefficient (Wildman–Crippen LogP) is 2.21. The Morgan fingerprint density at radius 1 is 1.20 bits per heavy atom. The van der Waals surface area contributed by atoms with Gasteiger partial charge in [0.25, 0.3) is 0 Å². The van der Waals surface area contributed by atoms with Gasteiger partial charge in [0.15, 0.2) is 12.4 Å². The molecular formula is C30H41NO9S. The molecule has 0 aliphatic heterocycles. The summed E-state index contributed by atoms with van der Waals surface area (Å²) in [7, 11) is 0. The predicted molar refractivity (Wildman–Crippen MR) is 151 cm³/mol. The van der Waals surface area contributed by atoms with E-state index < -0.39 is 58.8 Å². The molecule has 1 amide bonds. The maximum atomic E-state index is 13.4. The van der Waals surface area contributed by atoms with Crippen molar-refractivity contribution in [2.24, 2.45) is 28.6 Å². The first-order valence-electron chi connectivity index (χ1n) is 14.3. The monoisotopic (exact) mass is 591 g/mol. The Morgan fingerprint density at radius 2 is 1.93 bits per heavy atom. The molecule has 0 saturated heterocycles. The van der Waals surface area contributed by atoms with Crippen molar-refractivity contribution in [3.63, 3.8) is 0 Å². The molecule has 4 aliphatic carbocycles. The van der Waals surface area contributed by atoms with Crippen LogP contribution < -0.4 is 5.32 Å². The molecule has 4 N–H and O–H groups in total. The van der Waals surface area contributed by atoms with E-state index in [1.54, 1.807) is 12.2 Å². The number of allylic oxidation sites excluding steroid dienone is 4. The third-order valence-corrected chi connectivity index (χ3v) is 10.9. The molecule has 5 unspecified atom stereocenters. The van der Waals surface area contributed by atoms with Crippen LogP contribution in [-0.2, 0) is 28.7 Å². The number of hydrogen-bond acceptors (Lipinski definition) is 9. The molecule has 0 heterocycles. The van der Waals surface area contributed by atoms with Crippen molar-refractivity contribution in [3.05, 3.63) is 23.8 Å². The number of carbonyl (C=O) groups excluding carboxylic acids is 4. The summed E-state index contributed by atoms with van der Waals surface area (Å²) in [5, 5.41) is 34.9. The molecule has 3 fully saturated rings. The first-order chi connectivity index (χ1) is 19.3. The number of fused-ring (bicyclic) bond motifs is 5. The van der Waals surface area contributed by atoms with E-state index in [0.29, 0.717) is 12.2 Å². The number of carboxylic acids is 1. The van der Waals surface area contributed by atoms with Gasteiger partial charge in [0.2, 0.25) is 11.7 Å². The van der Waals surface area contributed by atoms with E-state index in [1.807, 2.05) is 19.3 Å². The third kappa shape index (κ3) is 5.77. The summed E-state index contributed by atoms with van der Waals surface area (Å²) in [5.41, 5.74) is -2.12. The van der Waals surface area contributed by atoms with Crippen molar-refractivity contribution in [1.29, 1.82) is 0 Å². The lowest BCUT2D eigenvalue weighted by Gasteiger charge is -2.59. The summed E-state index contributed by atoms with van der Waals surface area (Å²) in [6.07, 6.45) is 8.30. The average Bonchev–Trinajstić information content (AvgIpc) is 3.19. The van der Waals surface area contributed by atoms with E-state index in [9.17, 15) is 39.3 Å². The Balaban J connectivity index is 1.36. The highest BCUT2D eigenvalue weighted by atomic mass is 32.2. The molecule has 0 radical (unpaired) electrons. The van der Waals surface area contributed by atoms with Crippen molar-refractivity contribution >= 4 is 41.2 Å². The summed E-state index contributed by atoms with van der Waals surface area (Å²) in [6, 6.07) is -1.05. The van der Waals surface area contributed by atoms with E-state index in [-0.39, 0.29) is 55.6 Å². The Kier molecular flexibility index (Phi) is 9.21. The number of aliphatic carboxylic acids is 1. The van der Waals surface area contributed by atoms with Crippen LogP contribution in [-0.4, -0.2) is 81.1 Å². The first kappa shape index (κ1) is 31.4. The minimum absolute atomic E-state index is 0.0260. The number of Topliss-reactive ketones (excluding diaryl/α,β-unsaturated/α-hetero) is 1. The number of rotatable bonds is 11. The highest BCUT2D eigenvalue weighted by Gasteiger charge is 2.68. The number of nitrogens with one attached hydrogen (secondary N) is 1. The van der Waals surface area contributed by atoms with Crippen LogP contribution in [0, 0.1) is 28.6 Å². The third-order valence-electron chi connectivity index (χ3n) is 10.3. The lowest BCUT2D eigenvalue weighted by Crippen LogP contribution is -2.61. The topological polar surface area (TPSA) is 167 Å². The highest BCUT2D eigenvalue weighted by Crippen LogP contribution is 2.67. The number of hydrogen-bond donors (Lipinski definition) is 4. The second kappa shape index (κ2) is 12.0. The lowest BCUT2D eigenvalue weighted by molar-refractivity contribution is -0.181. The molecule has 0 aromatic rings. The van der Waals surface area contributed by atoms with Crippen LogP contribution in [0.15, 0.2) is 23.8 Å². The van der Waals surface area contributed by atoms with Crippen molar-refractivity contribution in [3.8, 4) is 0 Å². The summed E-state index contributed by atoms with van der Waals surface area (Å²) >= 11 is 1.46. The van der Waals surface area contributed by atoms with Crippen molar-refractivity contribution < 1.29 is 44.0 Å².